The van der Waals surface area contributed by atoms with Crippen LogP contribution in [-0.4, -0.2) is 32.1 Å². The summed E-state index contributed by atoms with van der Waals surface area (Å²) < 4.78 is 6.80. The van der Waals surface area contributed by atoms with Crippen LogP contribution in [0.4, 0.5) is 11.6 Å². The van der Waals surface area contributed by atoms with E-state index in [-0.39, 0.29) is 11.1 Å². The average Bonchev–Trinajstić information content (AvgIpc) is 2.96. The molecule has 124 valence electrons. The number of anilines is 2. The topological polar surface area (TPSA) is 81.9 Å². The molecule has 1 N–H and O–H groups in total. The maximum atomic E-state index is 10.8. The minimum absolute atomic E-state index is 0.287. The summed E-state index contributed by atoms with van der Waals surface area (Å²) >= 11 is 6.21. The first-order valence-corrected chi connectivity index (χ1v) is 7.85. The number of nitrogens with one attached hydrogen (secondary N) is 1. The van der Waals surface area contributed by atoms with E-state index in [9.17, 15) is 4.79 Å². The van der Waals surface area contributed by atoms with Gasteiger partial charge in [-0.05, 0) is 18.6 Å². The number of hydrogen-bond donors (Lipinski definition) is 1. The van der Waals surface area contributed by atoms with E-state index >= 15 is 0 Å². The second-order valence-electron chi connectivity index (χ2n) is 5.13. The second kappa shape index (κ2) is 7.27. The Morgan fingerprint density at radius 1 is 1.29 bits per heavy atom. The maximum absolute atomic E-state index is 10.8. The number of aryl methyl sites for hydroxylation is 1. The Kier molecular flexibility index (Phi) is 4.90. The summed E-state index contributed by atoms with van der Waals surface area (Å²) in [6.07, 6.45) is 2.32. The first-order valence-electron chi connectivity index (χ1n) is 7.47. The van der Waals surface area contributed by atoms with Gasteiger partial charge in [0.25, 0.3) is 0 Å². The van der Waals surface area contributed by atoms with Crippen molar-refractivity contribution < 1.29 is 9.53 Å². The quantitative estimate of drug-likeness (QED) is 0.420. The van der Waals surface area contributed by atoms with Gasteiger partial charge in [0.15, 0.2) is 10.8 Å². The van der Waals surface area contributed by atoms with Crippen molar-refractivity contribution in [1.29, 1.82) is 0 Å². The van der Waals surface area contributed by atoms with Gasteiger partial charge in [0.2, 0.25) is 5.95 Å². The molecule has 0 unspecified atom stereocenters. The van der Waals surface area contributed by atoms with Crippen molar-refractivity contribution in [3.63, 3.8) is 0 Å². The Morgan fingerprint density at radius 3 is 2.83 bits per heavy atom. The van der Waals surface area contributed by atoms with Crippen molar-refractivity contribution >= 4 is 40.4 Å². The fourth-order valence-electron chi connectivity index (χ4n) is 2.23. The average molecular weight is 346 g/mol. The molecule has 8 heteroatoms. The molecule has 2 aromatic heterocycles. The van der Waals surface area contributed by atoms with Crippen LogP contribution >= 0.6 is 11.6 Å². The molecule has 3 aromatic rings. The largest absolute Gasteiger partial charge is 0.466 e. The van der Waals surface area contributed by atoms with E-state index in [0.717, 1.165) is 5.69 Å². The minimum Gasteiger partial charge on any atom is -0.466 e. The molecule has 0 amide bonds. The molecule has 7 nitrogen and oxygen atoms in total. The molecule has 0 radical (unpaired) electrons. The van der Waals surface area contributed by atoms with E-state index in [1.807, 2.05) is 34.9 Å². The Bertz CT molecular complexity index is 850. The second-order valence-corrected chi connectivity index (χ2v) is 5.49. The van der Waals surface area contributed by atoms with Crippen LogP contribution in [0.15, 0.2) is 36.7 Å². The Hall–Kier alpha value is -2.67. The first-order chi connectivity index (χ1) is 11.6. The van der Waals surface area contributed by atoms with Crippen LogP contribution in [0.1, 0.15) is 13.3 Å². The Labute approximate surface area is 143 Å². The molecule has 3 rings (SSSR count). The van der Waals surface area contributed by atoms with Crippen LogP contribution in [0, 0.1) is 0 Å². The van der Waals surface area contributed by atoms with Gasteiger partial charge in [0.1, 0.15) is 5.52 Å². The highest BCUT2D eigenvalue weighted by atomic mass is 35.5. The number of nitrogens with zero attached hydrogens (tertiary/aromatic N) is 4. The van der Waals surface area contributed by atoms with Crippen molar-refractivity contribution in [2.45, 2.75) is 19.9 Å². The molecule has 0 bridgehead atoms. The number of rotatable bonds is 6. The van der Waals surface area contributed by atoms with Crippen LogP contribution in [0.2, 0.25) is 5.15 Å². The van der Waals surface area contributed by atoms with Gasteiger partial charge in [0, 0.05) is 19.2 Å². The Morgan fingerprint density at radius 2 is 2.08 bits per heavy atom. The molecule has 0 atom stereocenters. The molecule has 24 heavy (non-hydrogen) atoms. The lowest BCUT2D eigenvalue weighted by Crippen LogP contribution is -2.06. The van der Waals surface area contributed by atoms with Crippen LogP contribution in [0.25, 0.3) is 11.2 Å². The zero-order valence-electron chi connectivity index (χ0n) is 13.1. The molecule has 0 saturated heterocycles. The van der Waals surface area contributed by atoms with Gasteiger partial charge in [-0.2, -0.15) is 9.97 Å². The number of aromatic nitrogens is 4. The van der Waals surface area contributed by atoms with Crippen molar-refractivity contribution in [3.8, 4) is 0 Å². The van der Waals surface area contributed by atoms with Gasteiger partial charge >= 0.3 is 5.97 Å². The lowest BCUT2D eigenvalue weighted by molar-refractivity contribution is -0.141. The van der Waals surface area contributed by atoms with Gasteiger partial charge < -0.3 is 14.6 Å². The molecule has 0 aliphatic carbocycles. The number of imidazole rings is 1. The van der Waals surface area contributed by atoms with E-state index in [2.05, 4.69) is 20.3 Å². The van der Waals surface area contributed by atoms with Gasteiger partial charge in [-0.1, -0.05) is 29.8 Å². The van der Waals surface area contributed by atoms with Crippen molar-refractivity contribution in [1.82, 2.24) is 19.5 Å². The zero-order valence-corrected chi connectivity index (χ0v) is 13.8. The van der Waals surface area contributed by atoms with Crippen molar-refractivity contribution in [3.05, 3.63) is 41.8 Å². The summed E-state index contributed by atoms with van der Waals surface area (Å²) in [5.74, 6) is 0.116. The number of esters is 1. The fourth-order valence-corrected chi connectivity index (χ4v) is 2.44. The number of carbonyl (C=O) groups excluding carboxylic acids is 1. The lowest BCUT2D eigenvalue weighted by Gasteiger charge is -2.07. The summed E-state index contributed by atoms with van der Waals surface area (Å²) in [5.41, 5.74) is 2.05. The number of ether oxygens (including phenoxy) is 1. The minimum atomic E-state index is -0.287. The molecule has 0 aliphatic rings. The van der Waals surface area contributed by atoms with Gasteiger partial charge in [-0.3, -0.25) is 4.79 Å². The number of halogens is 1. The molecular weight excluding hydrogens is 330 g/mol. The number of para-hydroxylation sites is 1. The van der Waals surface area contributed by atoms with E-state index in [0.29, 0.717) is 36.7 Å². The third-order valence-electron chi connectivity index (χ3n) is 3.30. The predicted molar refractivity (Wildman–Crippen MR) is 91.3 cm³/mol. The summed E-state index contributed by atoms with van der Waals surface area (Å²) in [5, 5.41) is 3.41. The first kappa shape index (κ1) is 16.2. The normalized spacial score (nSPS) is 10.8. The molecule has 1 aromatic carbocycles. The molecule has 0 aliphatic heterocycles. The summed E-state index contributed by atoms with van der Waals surface area (Å²) in [7, 11) is 0. The van der Waals surface area contributed by atoms with E-state index in [4.69, 9.17) is 16.3 Å². The van der Waals surface area contributed by atoms with Crippen molar-refractivity contribution in [2.24, 2.45) is 0 Å². The van der Waals surface area contributed by atoms with E-state index in [1.54, 1.807) is 6.33 Å². The maximum Gasteiger partial charge on any atom is 0.302 e. The summed E-state index contributed by atoms with van der Waals surface area (Å²) in [4.78, 5) is 23.8. The monoisotopic (exact) mass is 345 g/mol. The van der Waals surface area contributed by atoms with Crippen LogP contribution < -0.4 is 5.32 Å². The molecule has 0 spiro atoms. The Balaban J connectivity index is 1.80. The SMILES string of the molecule is CC(=O)OCCCn1cnc2c(Cl)nc(Nc3ccccc3)nc21. The number of fused-ring (bicyclic) bond motifs is 1. The van der Waals surface area contributed by atoms with Crippen LogP contribution in [-0.2, 0) is 16.1 Å². The van der Waals surface area contributed by atoms with Gasteiger partial charge in [-0.25, -0.2) is 4.98 Å². The van der Waals surface area contributed by atoms with Crippen molar-refractivity contribution in [2.75, 3.05) is 11.9 Å². The fraction of sp³-hybridized carbons (Fsp3) is 0.250. The summed E-state index contributed by atoms with van der Waals surface area (Å²) in [6, 6.07) is 9.60. The van der Waals surface area contributed by atoms with Crippen LogP contribution in [0.3, 0.4) is 0 Å². The standard InChI is InChI=1S/C16H16ClN5O2/c1-11(23)24-9-5-8-22-10-18-13-14(17)20-16(21-15(13)22)19-12-6-3-2-4-7-12/h2-4,6-7,10H,5,8-9H2,1H3,(H,19,20,21). The molecule has 0 saturated carbocycles. The third-order valence-corrected chi connectivity index (χ3v) is 3.56. The van der Waals surface area contributed by atoms with E-state index < -0.39 is 0 Å². The highest BCUT2D eigenvalue weighted by molar-refractivity contribution is 6.33. The van der Waals surface area contributed by atoms with Gasteiger partial charge in [0.05, 0.1) is 12.9 Å². The highest BCUT2D eigenvalue weighted by Gasteiger charge is 2.12. The highest BCUT2D eigenvalue weighted by Crippen LogP contribution is 2.22. The van der Waals surface area contributed by atoms with Crippen LogP contribution in [0.5, 0.6) is 0 Å². The lowest BCUT2D eigenvalue weighted by atomic mass is 10.3. The van der Waals surface area contributed by atoms with E-state index in [1.165, 1.54) is 6.92 Å². The molecular formula is C16H16ClN5O2. The number of carbonyl (C=O) groups is 1. The number of hydrogen-bond acceptors (Lipinski definition) is 6. The zero-order chi connectivity index (χ0) is 16.9. The van der Waals surface area contributed by atoms with Gasteiger partial charge in [-0.15, -0.1) is 0 Å². The third kappa shape index (κ3) is 3.80. The predicted octanol–water partition coefficient (Wildman–Crippen LogP) is 3.18. The summed E-state index contributed by atoms with van der Waals surface area (Å²) in [6.45, 7) is 2.35. The molecule has 2 heterocycles. The molecule has 0 fully saturated rings. The number of benzene rings is 1. The smallest absolute Gasteiger partial charge is 0.302 e.